The summed E-state index contributed by atoms with van der Waals surface area (Å²) in [5.41, 5.74) is 12.7. The molecule has 2 saturated heterocycles. The molecule has 0 spiro atoms. The summed E-state index contributed by atoms with van der Waals surface area (Å²) in [4.78, 5) is 22.9. The number of ether oxygens (including phenoxy) is 1. The van der Waals surface area contributed by atoms with E-state index < -0.39 is 0 Å². The summed E-state index contributed by atoms with van der Waals surface area (Å²) in [6.07, 6.45) is 17.8. The molecular formula is C35H49N7O. The molecule has 1 atom stereocenters. The van der Waals surface area contributed by atoms with Crippen LogP contribution in [0, 0.1) is 6.92 Å². The Bertz CT molecular complexity index is 1310. The van der Waals surface area contributed by atoms with E-state index in [1.54, 1.807) is 18.5 Å². The van der Waals surface area contributed by atoms with Gasteiger partial charge in [0, 0.05) is 36.8 Å². The van der Waals surface area contributed by atoms with Crippen LogP contribution in [0.15, 0.2) is 80.8 Å². The zero-order valence-electron chi connectivity index (χ0n) is 26.3. The molecule has 0 amide bonds. The van der Waals surface area contributed by atoms with Gasteiger partial charge in [-0.1, -0.05) is 43.9 Å². The molecule has 2 fully saturated rings. The van der Waals surface area contributed by atoms with Crippen LogP contribution in [0.3, 0.4) is 0 Å². The summed E-state index contributed by atoms with van der Waals surface area (Å²) in [6.45, 7) is 18.9. The standard InChI is InChI=1S/C35H49N7O/c1-6-12-31(32-27(3)13-8-14-29(32)7-2)41-23-15-30(16-24-41)33(39-28(4)25-38-20-11-19-37-5)40-34(36)43-26-35-17-9-21-42(35)22-10-18-35/h6,8,11-15,19-20,28H,1,5,7,9-10,16-18,21-26H2,2-4H3,(H2,36,39,40)/b19-11-,31-12+,38-20?. The van der Waals surface area contributed by atoms with Gasteiger partial charge in [0.15, 0.2) is 5.84 Å². The zero-order chi connectivity index (χ0) is 30.7. The van der Waals surface area contributed by atoms with E-state index in [0.717, 1.165) is 57.4 Å². The van der Waals surface area contributed by atoms with Crippen molar-refractivity contribution in [3.8, 4) is 0 Å². The molecule has 0 radical (unpaired) electrons. The highest BCUT2D eigenvalue weighted by molar-refractivity contribution is 6.04. The van der Waals surface area contributed by atoms with Gasteiger partial charge in [0.2, 0.25) is 0 Å². The largest absolute Gasteiger partial charge is 0.463 e. The van der Waals surface area contributed by atoms with Crippen molar-refractivity contribution >= 4 is 30.5 Å². The quantitative estimate of drug-likeness (QED) is 0.193. The fourth-order valence-electron chi connectivity index (χ4n) is 6.55. The van der Waals surface area contributed by atoms with E-state index in [0.29, 0.717) is 19.0 Å². The molecule has 3 heterocycles. The smallest absolute Gasteiger partial charge is 0.288 e. The van der Waals surface area contributed by atoms with Gasteiger partial charge in [-0.3, -0.25) is 19.9 Å². The molecule has 4 rings (SSSR count). The third-order valence-electron chi connectivity index (χ3n) is 8.72. The number of nitrogens with two attached hydrogens (primary N) is 1. The van der Waals surface area contributed by atoms with E-state index in [-0.39, 0.29) is 17.6 Å². The van der Waals surface area contributed by atoms with Crippen LogP contribution in [0.25, 0.3) is 5.70 Å². The molecule has 8 nitrogen and oxygen atoms in total. The number of rotatable bonds is 12. The lowest BCUT2D eigenvalue weighted by atomic mass is 9.95. The molecule has 0 aromatic heterocycles. The van der Waals surface area contributed by atoms with Gasteiger partial charge in [0.05, 0.1) is 18.1 Å². The van der Waals surface area contributed by atoms with E-state index in [1.807, 2.05) is 13.0 Å². The van der Waals surface area contributed by atoms with Gasteiger partial charge in [-0.2, -0.15) is 4.99 Å². The van der Waals surface area contributed by atoms with Gasteiger partial charge in [-0.15, -0.1) is 0 Å². The zero-order valence-corrected chi connectivity index (χ0v) is 26.3. The number of amidine groups is 2. The summed E-state index contributed by atoms with van der Waals surface area (Å²) in [7, 11) is 0. The van der Waals surface area contributed by atoms with Crippen molar-refractivity contribution in [2.24, 2.45) is 25.7 Å². The molecule has 0 saturated carbocycles. The summed E-state index contributed by atoms with van der Waals surface area (Å²) in [6, 6.07) is 6.64. The summed E-state index contributed by atoms with van der Waals surface area (Å²) < 4.78 is 6.14. The minimum atomic E-state index is -0.0825. The Morgan fingerprint density at radius 2 is 2.00 bits per heavy atom. The van der Waals surface area contributed by atoms with Gasteiger partial charge in [-0.25, -0.2) is 0 Å². The van der Waals surface area contributed by atoms with Crippen molar-refractivity contribution in [2.75, 3.05) is 39.3 Å². The average Bonchev–Trinajstić information content (AvgIpc) is 3.59. The third kappa shape index (κ3) is 8.20. The van der Waals surface area contributed by atoms with Gasteiger partial charge in [0.1, 0.15) is 6.61 Å². The van der Waals surface area contributed by atoms with Crippen LogP contribution in [-0.4, -0.2) is 85.5 Å². The lowest BCUT2D eigenvalue weighted by molar-refractivity contribution is 0.106. The normalized spacial score (nSPS) is 20.5. The Hall–Kier alpha value is -3.78. The number of fused-ring (bicyclic) bond motifs is 1. The Morgan fingerprint density at radius 1 is 1.21 bits per heavy atom. The maximum Gasteiger partial charge on any atom is 0.288 e. The van der Waals surface area contributed by atoms with Crippen molar-refractivity contribution < 1.29 is 4.74 Å². The van der Waals surface area contributed by atoms with Crippen molar-refractivity contribution in [3.05, 3.63) is 77.5 Å². The first-order valence-corrected chi connectivity index (χ1v) is 15.7. The van der Waals surface area contributed by atoms with E-state index in [1.165, 1.54) is 35.2 Å². The maximum atomic E-state index is 6.42. The highest BCUT2D eigenvalue weighted by atomic mass is 16.5. The number of nitrogens with zero attached hydrogens (tertiary/aromatic N) is 6. The predicted molar refractivity (Wildman–Crippen MR) is 182 cm³/mol. The van der Waals surface area contributed by atoms with Crippen LogP contribution in [-0.2, 0) is 11.2 Å². The van der Waals surface area contributed by atoms with Gasteiger partial charge < -0.3 is 15.4 Å². The van der Waals surface area contributed by atoms with Crippen LogP contribution >= 0.6 is 0 Å². The monoisotopic (exact) mass is 583 g/mol. The minimum absolute atomic E-state index is 0.0825. The first kappa shape index (κ1) is 32.1. The van der Waals surface area contributed by atoms with Gasteiger partial charge in [0.25, 0.3) is 6.02 Å². The van der Waals surface area contributed by atoms with Crippen molar-refractivity contribution in [3.63, 3.8) is 0 Å². The molecule has 2 N–H and O–H groups in total. The fourth-order valence-corrected chi connectivity index (χ4v) is 6.55. The summed E-state index contributed by atoms with van der Waals surface area (Å²) in [5.74, 6) is 0.634. The van der Waals surface area contributed by atoms with E-state index in [9.17, 15) is 0 Å². The minimum Gasteiger partial charge on any atom is -0.463 e. The molecule has 0 aliphatic carbocycles. The lowest BCUT2D eigenvalue weighted by Gasteiger charge is -2.32. The molecule has 1 aromatic carbocycles. The number of hydrogen-bond acceptors (Lipinski definition) is 6. The molecule has 1 aromatic rings. The second-order valence-electron chi connectivity index (χ2n) is 11.7. The number of benzene rings is 1. The van der Waals surface area contributed by atoms with E-state index in [2.05, 4.69) is 77.3 Å². The second kappa shape index (κ2) is 15.6. The molecule has 0 bridgehead atoms. The van der Waals surface area contributed by atoms with Crippen molar-refractivity contribution in [2.45, 2.75) is 70.9 Å². The average molecular weight is 584 g/mol. The Morgan fingerprint density at radius 3 is 2.67 bits per heavy atom. The van der Waals surface area contributed by atoms with E-state index in [4.69, 9.17) is 20.5 Å². The van der Waals surface area contributed by atoms with Crippen LogP contribution in [0.1, 0.15) is 62.6 Å². The van der Waals surface area contributed by atoms with Crippen LogP contribution in [0.5, 0.6) is 0 Å². The first-order valence-electron chi connectivity index (χ1n) is 15.7. The predicted octanol–water partition coefficient (Wildman–Crippen LogP) is 5.75. The van der Waals surface area contributed by atoms with Crippen molar-refractivity contribution in [1.29, 1.82) is 0 Å². The molecule has 8 heteroatoms. The number of hydrogen-bond donors (Lipinski definition) is 1. The molecule has 1 unspecified atom stereocenters. The van der Waals surface area contributed by atoms with Crippen molar-refractivity contribution in [1.82, 2.24) is 9.80 Å². The Kier molecular flexibility index (Phi) is 11.7. The Labute approximate surface area is 258 Å². The topological polar surface area (TPSA) is 91.2 Å². The summed E-state index contributed by atoms with van der Waals surface area (Å²) in [5, 5.41) is 0. The lowest BCUT2D eigenvalue weighted by Crippen LogP contribution is -2.43. The van der Waals surface area contributed by atoms with Crippen LogP contribution in [0.4, 0.5) is 0 Å². The van der Waals surface area contributed by atoms with Crippen LogP contribution in [0.2, 0.25) is 0 Å². The Balaban J connectivity index is 1.55. The highest BCUT2D eigenvalue weighted by Gasteiger charge is 2.45. The van der Waals surface area contributed by atoms with E-state index >= 15 is 0 Å². The van der Waals surface area contributed by atoms with Crippen LogP contribution < -0.4 is 5.73 Å². The SMILES string of the molecule is C=C/C=C(\c1c(C)cccc1CC)N1CC=C(C(N=C(N)OCC23CCCN2CCC3)=NC(C)CN=C/C=C\N=C)CC1. The number of aryl methyl sites for hydroxylation is 2. The second-order valence-corrected chi connectivity index (χ2v) is 11.7. The molecule has 3 aliphatic rings. The molecule has 3 aliphatic heterocycles. The highest BCUT2D eigenvalue weighted by Crippen LogP contribution is 2.39. The molecular weight excluding hydrogens is 534 g/mol. The number of aliphatic imine (C=N–C) groups is 4. The van der Waals surface area contributed by atoms with Gasteiger partial charge in [-0.05, 0) is 101 Å². The van der Waals surface area contributed by atoms with Gasteiger partial charge >= 0.3 is 0 Å². The molecule has 43 heavy (non-hydrogen) atoms. The molecule has 230 valence electrons. The first-order chi connectivity index (χ1) is 20.9. The third-order valence-corrected chi connectivity index (χ3v) is 8.72. The summed E-state index contributed by atoms with van der Waals surface area (Å²) >= 11 is 0. The number of allylic oxidation sites excluding steroid dienone is 3. The fraction of sp³-hybridized carbons (Fsp3) is 0.486. The maximum absolute atomic E-state index is 6.42.